The molecule has 0 aromatic heterocycles. The van der Waals surface area contributed by atoms with Crippen LogP contribution >= 0.6 is 0 Å². The van der Waals surface area contributed by atoms with Gasteiger partial charge in [0.25, 0.3) is 0 Å². The number of benzene rings is 1. The van der Waals surface area contributed by atoms with Crippen LogP contribution in [0.2, 0.25) is 0 Å². The van der Waals surface area contributed by atoms with Crippen LogP contribution in [-0.4, -0.2) is 18.9 Å². The first kappa shape index (κ1) is 12.8. The highest BCUT2D eigenvalue weighted by Crippen LogP contribution is 2.22. The van der Waals surface area contributed by atoms with Crippen LogP contribution in [-0.2, 0) is 11.2 Å². The lowest BCUT2D eigenvalue weighted by molar-refractivity contribution is -0.213. The molecule has 1 atom stereocenters. The van der Waals surface area contributed by atoms with E-state index in [1.807, 2.05) is 0 Å². The van der Waals surface area contributed by atoms with Crippen molar-refractivity contribution in [1.82, 2.24) is 0 Å². The van der Waals surface area contributed by atoms with E-state index in [0.29, 0.717) is 12.1 Å². The maximum absolute atomic E-state index is 12.1. The summed E-state index contributed by atoms with van der Waals surface area (Å²) in [5, 5.41) is 0. The molecule has 90 valence electrons. The zero-order chi connectivity index (χ0) is 12.2. The van der Waals surface area contributed by atoms with Crippen LogP contribution < -0.4 is 5.73 Å². The molecule has 0 aliphatic rings. The summed E-state index contributed by atoms with van der Waals surface area (Å²) in [6.07, 6.45) is -5.57. The Morgan fingerprint density at radius 1 is 1.25 bits per heavy atom. The molecule has 1 rings (SSSR count). The van der Waals surface area contributed by atoms with E-state index >= 15 is 0 Å². The Balaban J connectivity index is 2.33. The van der Waals surface area contributed by atoms with Crippen molar-refractivity contribution in [3.05, 3.63) is 29.8 Å². The van der Waals surface area contributed by atoms with Gasteiger partial charge >= 0.3 is 6.18 Å². The van der Waals surface area contributed by atoms with Crippen molar-refractivity contribution >= 4 is 5.69 Å². The van der Waals surface area contributed by atoms with Gasteiger partial charge in [-0.05, 0) is 31.0 Å². The van der Waals surface area contributed by atoms with Gasteiger partial charge < -0.3 is 10.5 Å². The summed E-state index contributed by atoms with van der Waals surface area (Å²) in [7, 11) is 0. The van der Waals surface area contributed by atoms with Gasteiger partial charge in [0.2, 0.25) is 0 Å². The zero-order valence-corrected chi connectivity index (χ0v) is 8.92. The van der Waals surface area contributed by atoms with Crippen LogP contribution in [0.1, 0.15) is 12.5 Å². The van der Waals surface area contributed by atoms with Gasteiger partial charge in [-0.25, -0.2) is 0 Å². The number of nitrogen functional groups attached to an aromatic ring is 1. The standard InChI is InChI=1S/C11H14F3NO/c1-8(11(12,13)14)16-7-6-9-2-4-10(15)5-3-9/h2-5,8H,6-7,15H2,1H3. The van der Waals surface area contributed by atoms with E-state index in [2.05, 4.69) is 4.74 Å². The molecule has 0 radical (unpaired) electrons. The second-order valence-corrected chi connectivity index (χ2v) is 3.55. The first-order valence-corrected chi connectivity index (χ1v) is 4.92. The zero-order valence-electron chi connectivity index (χ0n) is 8.92. The number of nitrogens with two attached hydrogens (primary N) is 1. The number of ether oxygens (including phenoxy) is 1. The summed E-state index contributed by atoms with van der Waals surface area (Å²) >= 11 is 0. The molecule has 0 bridgehead atoms. The van der Waals surface area contributed by atoms with E-state index in [1.165, 1.54) is 0 Å². The molecule has 1 aromatic rings. The molecule has 2 N–H and O–H groups in total. The van der Waals surface area contributed by atoms with Crippen LogP contribution in [0.5, 0.6) is 0 Å². The van der Waals surface area contributed by atoms with E-state index in [0.717, 1.165) is 12.5 Å². The predicted octanol–water partition coefficient (Wildman–Crippen LogP) is 2.78. The molecule has 0 aliphatic carbocycles. The molecule has 5 heteroatoms. The largest absolute Gasteiger partial charge is 0.414 e. The minimum atomic E-state index is -4.29. The lowest BCUT2D eigenvalue weighted by Gasteiger charge is -2.16. The van der Waals surface area contributed by atoms with E-state index in [-0.39, 0.29) is 6.61 Å². The highest BCUT2D eigenvalue weighted by atomic mass is 19.4. The van der Waals surface area contributed by atoms with Crippen molar-refractivity contribution in [2.75, 3.05) is 12.3 Å². The summed E-state index contributed by atoms with van der Waals surface area (Å²) < 4.78 is 40.9. The van der Waals surface area contributed by atoms with Gasteiger partial charge in [-0.1, -0.05) is 12.1 Å². The maximum atomic E-state index is 12.1. The van der Waals surface area contributed by atoms with Crippen molar-refractivity contribution in [3.8, 4) is 0 Å². The number of hydrogen-bond acceptors (Lipinski definition) is 2. The number of rotatable bonds is 4. The van der Waals surface area contributed by atoms with Crippen molar-refractivity contribution in [2.24, 2.45) is 0 Å². The summed E-state index contributed by atoms with van der Waals surface area (Å²) in [5.41, 5.74) is 7.02. The minimum absolute atomic E-state index is 0.0462. The number of alkyl halides is 3. The predicted molar refractivity (Wildman–Crippen MR) is 56.0 cm³/mol. The summed E-state index contributed by atoms with van der Waals surface area (Å²) in [6.45, 7) is 1.05. The monoisotopic (exact) mass is 233 g/mol. The Bertz CT molecular complexity index is 321. The van der Waals surface area contributed by atoms with Crippen LogP contribution in [0.25, 0.3) is 0 Å². The Labute approximate surface area is 92.2 Å². The minimum Gasteiger partial charge on any atom is -0.399 e. The van der Waals surface area contributed by atoms with Crippen molar-refractivity contribution in [3.63, 3.8) is 0 Å². The highest BCUT2D eigenvalue weighted by molar-refractivity contribution is 5.39. The summed E-state index contributed by atoms with van der Waals surface area (Å²) in [5.74, 6) is 0. The van der Waals surface area contributed by atoms with Crippen molar-refractivity contribution < 1.29 is 17.9 Å². The molecule has 0 saturated heterocycles. The number of halogens is 3. The summed E-state index contributed by atoms with van der Waals surface area (Å²) in [4.78, 5) is 0. The molecule has 0 aliphatic heterocycles. The highest BCUT2D eigenvalue weighted by Gasteiger charge is 2.36. The van der Waals surface area contributed by atoms with Gasteiger partial charge in [0.05, 0.1) is 6.61 Å². The van der Waals surface area contributed by atoms with Crippen LogP contribution in [0, 0.1) is 0 Å². The lowest BCUT2D eigenvalue weighted by Crippen LogP contribution is -2.29. The van der Waals surface area contributed by atoms with Crippen molar-refractivity contribution in [2.45, 2.75) is 25.6 Å². The molecule has 0 amide bonds. The molecule has 0 saturated carbocycles. The third kappa shape index (κ3) is 4.10. The third-order valence-corrected chi connectivity index (χ3v) is 2.20. The van der Waals surface area contributed by atoms with Crippen LogP contribution in [0.15, 0.2) is 24.3 Å². The maximum Gasteiger partial charge on any atom is 0.414 e. The summed E-state index contributed by atoms with van der Waals surface area (Å²) in [6, 6.07) is 6.97. The van der Waals surface area contributed by atoms with Crippen LogP contribution in [0.3, 0.4) is 0 Å². The smallest absolute Gasteiger partial charge is 0.399 e. The normalized spacial score (nSPS) is 13.8. The van der Waals surface area contributed by atoms with Crippen LogP contribution in [0.4, 0.5) is 18.9 Å². The quantitative estimate of drug-likeness (QED) is 0.811. The molecule has 1 unspecified atom stereocenters. The molecule has 0 fully saturated rings. The fraction of sp³-hybridized carbons (Fsp3) is 0.455. The second-order valence-electron chi connectivity index (χ2n) is 3.55. The molecule has 16 heavy (non-hydrogen) atoms. The Hall–Kier alpha value is -1.23. The first-order valence-electron chi connectivity index (χ1n) is 4.92. The van der Waals surface area contributed by atoms with Gasteiger partial charge in [0.15, 0.2) is 6.10 Å². The topological polar surface area (TPSA) is 35.2 Å². The SMILES string of the molecule is CC(OCCc1ccc(N)cc1)C(F)(F)F. The van der Waals surface area contributed by atoms with Gasteiger partial charge in [-0.15, -0.1) is 0 Å². The average molecular weight is 233 g/mol. The fourth-order valence-electron chi connectivity index (χ4n) is 1.13. The first-order chi connectivity index (χ1) is 7.39. The molecule has 1 aromatic carbocycles. The molecular formula is C11H14F3NO. The Morgan fingerprint density at radius 3 is 2.31 bits per heavy atom. The number of anilines is 1. The Morgan fingerprint density at radius 2 is 1.81 bits per heavy atom. The molecule has 0 spiro atoms. The fourth-order valence-corrected chi connectivity index (χ4v) is 1.13. The van der Waals surface area contributed by atoms with Gasteiger partial charge in [-0.2, -0.15) is 13.2 Å². The second kappa shape index (κ2) is 5.21. The van der Waals surface area contributed by atoms with E-state index in [4.69, 9.17) is 5.73 Å². The van der Waals surface area contributed by atoms with Gasteiger partial charge in [0, 0.05) is 5.69 Å². The molecular weight excluding hydrogens is 219 g/mol. The average Bonchev–Trinajstić information content (AvgIpc) is 2.19. The van der Waals surface area contributed by atoms with E-state index < -0.39 is 12.3 Å². The van der Waals surface area contributed by atoms with E-state index in [1.54, 1.807) is 24.3 Å². The number of hydrogen-bond donors (Lipinski definition) is 1. The molecule has 0 heterocycles. The van der Waals surface area contributed by atoms with Gasteiger partial charge in [0.1, 0.15) is 0 Å². The molecule has 2 nitrogen and oxygen atoms in total. The van der Waals surface area contributed by atoms with Crippen molar-refractivity contribution in [1.29, 1.82) is 0 Å². The van der Waals surface area contributed by atoms with Gasteiger partial charge in [-0.3, -0.25) is 0 Å². The third-order valence-electron chi connectivity index (χ3n) is 2.20. The Kier molecular flexibility index (Phi) is 4.18. The van der Waals surface area contributed by atoms with E-state index in [9.17, 15) is 13.2 Å². The lowest BCUT2D eigenvalue weighted by atomic mass is 10.1.